The molecule has 1 aromatic rings. The van der Waals surface area contributed by atoms with Gasteiger partial charge in [0.25, 0.3) is 5.91 Å². The monoisotopic (exact) mass is 277 g/mol. The third-order valence-corrected chi connectivity index (χ3v) is 3.95. The number of likely N-dealkylation sites (tertiary alicyclic amines) is 1. The number of halogens is 1. The predicted molar refractivity (Wildman–Crippen MR) is 72.9 cm³/mol. The number of hydrogen-bond acceptors (Lipinski definition) is 3. The highest BCUT2D eigenvalue weighted by Crippen LogP contribution is 2.35. The van der Waals surface area contributed by atoms with E-state index in [0.717, 1.165) is 12.8 Å². The van der Waals surface area contributed by atoms with Crippen molar-refractivity contribution in [1.29, 1.82) is 5.26 Å². The SMILES string of the molecule is CC1CCC(C)(C)N1C(=O)c1ncc(C#N)cc1Cl. The van der Waals surface area contributed by atoms with E-state index in [1.54, 1.807) is 0 Å². The van der Waals surface area contributed by atoms with Gasteiger partial charge in [0.05, 0.1) is 10.6 Å². The molecule has 0 saturated carbocycles. The molecule has 1 aliphatic rings. The number of nitrogens with zero attached hydrogens (tertiary/aromatic N) is 3. The highest BCUT2D eigenvalue weighted by molar-refractivity contribution is 6.33. The lowest BCUT2D eigenvalue weighted by molar-refractivity contribution is 0.0572. The maximum Gasteiger partial charge on any atom is 0.274 e. The molecule has 1 saturated heterocycles. The molecule has 0 aliphatic carbocycles. The van der Waals surface area contributed by atoms with Gasteiger partial charge in [-0.2, -0.15) is 5.26 Å². The van der Waals surface area contributed by atoms with E-state index >= 15 is 0 Å². The summed E-state index contributed by atoms with van der Waals surface area (Å²) in [6.07, 6.45) is 3.33. The third kappa shape index (κ3) is 2.43. The highest BCUT2D eigenvalue weighted by Gasteiger charge is 2.41. The molecule has 0 spiro atoms. The van der Waals surface area contributed by atoms with Gasteiger partial charge in [0.15, 0.2) is 0 Å². The van der Waals surface area contributed by atoms with Crippen LogP contribution >= 0.6 is 11.6 Å². The number of carbonyl (C=O) groups is 1. The summed E-state index contributed by atoms with van der Waals surface area (Å²) in [5, 5.41) is 9.02. The Bertz CT molecular complexity index is 562. The highest BCUT2D eigenvalue weighted by atomic mass is 35.5. The molecule has 2 heterocycles. The molecular formula is C14H16ClN3O. The maximum atomic E-state index is 12.6. The van der Waals surface area contributed by atoms with Crippen molar-refractivity contribution in [2.75, 3.05) is 0 Å². The molecule has 1 aliphatic heterocycles. The van der Waals surface area contributed by atoms with Crippen LogP contribution in [0.15, 0.2) is 12.3 Å². The Morgan fingerprint density at radius 2 is 2.32 bits per heavy atom. The normalized spacial score (nSPS) is 21.2. The smallest absolute Gasteiger partial charge is 0.274 e. The van der Waals surface area contributed by atoms with Crippen LogP contribution in [0.4, 0.5) is 0 Å². The molecule has 0 radical (unpaired) electrons. The number of aromatic nitrogens is 1. The fourth-order valence-corrected chi connectivity index (χ4v) is 2.90. The Balaban J connectivity index is 2.37. The molecule has 1 amide bonds. The van der Waals surface area contributed by atoms with Crippen molar-refractivity contribution in [1.82, 2.24) is 9.88 Å². The van der Waals surface area contributed by atoms with Crippen molar-refractivity contribution in [3.05, 3.63) is 28.5 Å². The summed E-state index contributed by atoms with van der Waals surface area (Å²) in [5.74, 6) is -0.163. The lowest BCUT2D eigenvalue weighted by Gasteiger charge is -2.34. The van der Waals surface area contributed by atoms with Gasteiger partial charge in [0, 0.05) is 17.8 Å². The van der Waals surface area contributed by atoms with Crippen LogP contribution in [0, 0.1) is 11.3 Å². The van der Waals surface area contributed by atoms with E-state index in [-0.39, 0.29) is 28.2 Å². The van der Waals surface area contributed by atoms with Crippen molar-refractivity contribution in [3.8, 4) is 6.07 Å². The number of amides is 1. The second-order valence-electron chi connectivity index (χ2n) is 5.54. The molecule has 4 nitrogen and oxygen atoms in total. The predicted octanol–water partition coefficient (Wildman–Crippen LogP) is 3.01. The van der Waals surface area contributed by atoms with Crippen LogP contribution in [0.2, 0.25) is 5.02 Å². The summed E-state index contributed by atoms with van der Waals surface area (Å²) in [5.41, 5.74) is 0.396. The average Bonchev–Trinajstić information content (AvgIpc) is 2.62. The Kier molecular flexibility index (Phi) is 3.51. The van der Waals surface area contributed by atoms with E-state index in [1.165, 1.54) is 12.3 Å². The molecular weight excluding hydrogens is 262 g/mol. The number of nitriles is 1. The summed E-state index contributed by atoms with van der Waals surface area (Å²) in [4.78, 5) is 18.5. The zero-order valence-corrected chi connectivity index (χ0v) is 12.0. The fraction of sp³-hybridized carbons (Fsp3) is 0.500. The summed E-state index contributed by atoms with van der Waals surface area (Å²) in [6.45, 7) is 6.13. The number of rotatable bonds is 1. The molecule has 19 heavy (non-hydrogen) atoms. The first-order chi connectivity index (χ1) is 8.86. The maximum absolute atomic E-state index is 12.6. The van der Waals surface area contributed by atoms with Gasteiger partial charge in [-0.1, -0.05) is 11.6 Å². The van der Waals surface area contributed by atoms with Crippen molar-refractivity contribution in [2.45, 2.75) is 45.2 Å². The minimum absolute atomic E-state index is 0.163. The summed E-state index contributed by atoms with van der Waals surface area (Å²) >= 11 is 6.06. The molecule has 5 heteroatoms. The van der Waals surface area contributed by atoms with E-state index < -0.39 is 0 Å². The molecule has 1 aromatic heterocycles. The van der Waals surface area contributed by atoms with Crippen molar-refractivity contribution >= 4 is 17.5 Å². The van der Waals surface area contributed by atoms with Crippen LogP contribution in [0.3, 0.4) is 0 Å². The lowest BCUT2D eigenvalue weighted by Crippen LogP contribution is -2.46. The Labute approximate surface area is 118 Å². The van der Waals surface area contributed by atoms with Crippen LogP contribution in [0.1, 0.15) is 49.7 Å². The minimum Gasteiger partial charge on any atom is -0.329 e. The summed E-state index contributed by atoms with van der Waals surface area (Å²) in [6, 6.07) is 3.62. The van der Waals surface area contributed by atoms with Crippen molar-refractivity contribution in [2.24, 2.45) is 0 Å². The molecule has 0 N–H and O–H groups in total. The van der Waals surface area contributed by atoms with E-state index in [9.17, 15) is 4.79 Å². The van der Waals surface area contributed by atoms with Crippen LogP contribution in [-0.4, -0.2) is 27.4 Å². The minimum atomic E-state index is -0.185. The van der Waals surface area contributed by atoms with Gasteiger partial charge in [0.1, 0.15) is 11.8 Å². The first-order valence-corrected chi connectivity index (χ1v) is 6.64. The van der Waals surface area contributed by atoms with Gasteiger partial charge in [-0.25, -0.2) is 4.98 Å². The van der Waals surface area contributed by atoms with E-state index in [2.05, 4.69) is 4.98 Å². The number of carbonyl (C=O) groups excluding carboxylic acids is 1. The zero-order valence-electron chi connectivity index (χ0n) is 11.3. The van der Waals surface area contributed by atoms with E-state index in [4.69, 9.17) is 16.9 Å². The zero-order chi connectivity index (χ0) is 14.2. The topological polar surface area (TPSA) is 57.0 Å². The van der Waals surface area contributed by atoms with Gasteiger partial charge >= 0.3 is 0 Å². The van der Waals surface area contributed by atoms with Gasteiger partial charge in [-0.05, 0) is 39.7 Å². The average molecular weight is 278 g/mol. The third-order valence-electron chi connectivity index (χ3n) is 3.66. The van der Waals surface area contributed by atoms with Crippen molar-refractivity contribution < 1.29 is 4.79 Å². The second kappa shape index (κ2) is 4.82. The first-order valence-electron chi connectivity index (χ1n) is 6.26. The quantitative estimate of drug-likeness (QED) is 0.793. The van der Waals surface area contributed by atoms with Crippen LogP contribution in [0.25, 0.3) is 0 Å². The molecule has 1 unspecified atom stereocenters. The molecule has 1 atom stereocenters. The van der Waals surface area contributed by atoms with E-state index in [1.807, 2.05) is 31.7 Å². The summed E-state index contributed by atoms with van der Waals surface area (Å²) in [7, 11) is 0. The summed E-state index contributed by atoms with van der Waals surface area (Å²) < 4.78 is 0. The number of pyridine rings is 1. The van der Waals surface area contributed by atoms with Crippen molar-refractivity contribution in [3.63, 3.8) is 0 Å². The van der Waals surface area contributed by atoms with Crippen LogP contribution < -0.4 is 0 Å². The molecule has 2 rings (SSSR count). The Morgan fingerprint density at radius 3 is 2.79 bits per heavy atom. The molecule has 0 aromatic carbocycles. The molecule has 1 fully saturated rings. The molecule has 0 bridgehead atoms. The Hall–Kier alpha value is -1.60. The standard InChI is InChI=1S/C14H16ClN3O/c1-9-4-5-14(2,3)18(9)13(19)12-11(15)6-10(7-16)8-17-12/h6,8-9H,4-5H2,1-3H3. The second-order valence-corrected chi connectivity index (χ2v) is 5.95. The number of hydrogen-bond donors (Lipinski definition) is 0. The fourth-order valence-electron chi connectivity index (χ4n) is 2.65. The lowest BCUT2D eigenvalue weighted by atomic mass is 10.0. The first kappa shape index (κ1) is 13.8. The van der Waals surface area contributed by atoms with Gasteiger partial charge < -0.3 is 4.90 Å². The Morgan fingerprint density at radius 1 is 1.63 bits per heavy atom. The van der Waals surface area contributed by atoms with Crippen LogP contribution in [0.5, 0.6) is 0 Å². The van der Waals surface area contributed by atoms with Gasteiger partial charge in [-0.15, -0.1) is 0 Å². The molecule has 100 valence electrons. The van der Waals surface area contributed by atoms with E-state index in [0.29, 0.717) is 5.56 Å². The largest absolute Gasteiger partial charge is 0.329 e. The van der Waals surface area contributed by atoms with Gasteiger partial charge in [-0.3, -0.25) is 4.79 Å². The van der Waals surface area contributed by atoms with Crippen LogP contribution in [-0.2, 0) is 0 Å². The van der Waals surface area contributed by atoms with Gasteiger partial charge in [0.2, 0.25) is 0 Å².